The molecule has 3 heterocycles. The van der Waals surface area contributed by atoms with Gasteiger partial charge in [0.15, 0.2) is 5.78 Å². The molecular formula is C27H28N2O4. The molecule has 0 radical (unpaired) electrons. The number of para-hydroxylation sites is 2. The van der Waals surface area contributed by atoms with Crippen molar-refractivity contribution in [2.75, 3.05) is 10.2 Å². The van der Waals surface area contributed by atoms with E-state index in [9.17, 15) is 9.59 Å². The number of ketones is 1. The van der Waals surface area contributed by atoms with Crippen LogP contribution in [0.1, 0.15) is 68.9 Å². The number of nitrogens with zero attached hydrogens (tertiary/aromatic N) is 1. The third kappa shape index (κ3) is 4.01. The van der Waals surface area contributed by atoms with Crippen molar-refractivity contribution < 1.29 is 18.4 Å². The Balaban J connectivity index is 1.64. The standard InChI is InChI=1S/C27H28N2O4/c1-2-3-4-13-25(31)29-21-10-6-5-9-19(21)28-20-16-18(23-11-7-14-32-23)17-22(30)26(20)27(29)24-12-8-15-33-24/h5-12,14-15,18,27-28H,2-4,13,16-17H2,1H3/t18-,27-/m0/s1. The summed E-state index contributed by atoms with van der Waals surface area (Å²) in [6.07, 6.45) is 7.45. The molecule has 0 unspecified atom stereocenters. The molecule has 0 fully saturated rings. The van der Waals surface area contributed by atoms with E-state index in [1.165, 1.54) is 0 Å². The highest BCUT2D eigenvalue weighted by atomic mass is 16.3. The highest BCUT2D eigenvalue weighted by molar-refractivity contribution is 6.06. The van der Waals surface area contributed by atoms with Crippen molar-refractivity contribution in [3.8, 4) is 0 Å². The van der Waals surface area contributed by atoms with E-state index >= 15 is 0 Å². The molecule has 33 heavy (non-hydrogen) atoms. The maximum absolute atomic E-state index is 13.7. The average Bonchev–Trinajstić information content (AvgIpc) is 3.51. The van der Waals surface area contributed by atoms with Crippen LogP contribution in [0.5, 0.6) is 0 Å². The van der Waals surface area contributed by atoms with Crippen molar-refractivity contribution in [2.24, 2.45) is 0 Å². The van der Waals surface area contributed by atoms with Gasteiger partial charge in [-0.05, 0) is 49.2 Å². The van der Waals surface area contributed by atoms with Gasteiger partial charge in [-0.2, -0.15) is 0 Å². The van der Waals surface area contributed by atoms with Gasteiger partial charge >= 0.3 is 0 Å². The predicted octanol–water partition coefficient (Wildman–Crippen LogP) is 6.35. The van der Waals surface area contributed by atoms with Crippen LogP contribution >= 0.6 is 0 Å². The molecule has 1 N–H and O–H groups in total. The zero-order valence-electron chi connectivity index (χ0n) is 18.8. The summed E-state index contributed by atoms with van der Waals surface area (Å²) < 4.78 is 11.4. The summed E-state index contributed by atoms with van der Waals surface area (Å²) in [6, 6.07) is 14.6. The number of rotatable bonds is 6. The second kappa shape index (κ2) is 9.14. The number of anilines is 2. The molecule has 6 nitrogen and oxygen atoms in total. The number of benzene rings is 1. The number of carbonyl (C=O) groups is 2. The predicted molar refractivity (Wildman–Crippen MR) is 126 cm³/mol. The topological polar surface area (TPSA) is 75.7 Å². The van der Waals surface area contributed by atoms with E-state index in [1.807, 2.05) is 42.5 Å². The number of hydrogen-bond acceptors (Lipinski definition) is 5. The van der Waals surface area contributed by atoms with Gasteiger partial charge in [0, 0.05) is 30.0 Å². The second-order valence-corrected chi connectivity index (χ2v) is 8.72. The van der Waals surface area contributed by atoms with Gasteiger partial charge in [-0.15, -0.1) is 0 Å². The van der Waals surface area contributed by atoms with Gasteiger partial charge in [0.05, 0.1) is 23.9 Å². The van der Waals surface area contributed by atoms with Gasteiger partial charge < -0.3 is 14.2 Å². The lowest BCUT2D eigenvalue weighted by atomic mass is 9.81. The molecule has 2 aliphatic rings. The average molecular weight is 445 g/mol. The number of carbonyl (C=O) groups excluding carboxylic acids is 2. The lowest BCUT2D eigenvalue weighted by Crippen LogP contribution is -2.38. The number of nitrogens with one attached hydrogen (secondary N) is 1. The minimum atomic E-state index is -0.606. The van der Waals surface area contributed by atoms with Crippen LogP contribution < -0.4 is 10.2 Å². The third-order valence-corrected chi connectivity index (χ3v) is 6.51. The van der Waals surface area contributed by atoms with E-state index in [2.05, 4.69) is 12.2 Å². The van der Waals surface area contributed by atoms with Crippen LogP contribution in [0, 0.1) is 0 Å². The van der Waals surface area contributed by atoms with Crippen molar-refractivity contribution in [2.45, 2.75) is 57.4 Å². The number of amides is 1. The molecule has 2 aromatic heterocycles. The van der Waals surface area contributed by atoms with E-state index in [1.54, 1.807) is 23.5 Å². The van der Waals surface area contributed by atoms with Crippen LogP contribution in [-0.2, 0) is 9.59 Å². The summed E-state index contributed by atoms with van der Waals surface area (Å²) in [5.41, 5.74) is 3.01. The summed E-state index contributed by atoms with van der Waals surface area (Å²) in [4.78, 5) is 29.1. The number of fused-ring (bicyclic) bond motifs is 1. The molecule has 6 heteroatoms. The van der Waals surface area contributed by atoms with E-state index in [0.29, 0.717) is 30.6 Å². The second-order valence-electron chi connectivity index (χ2n) is 8.72. The normalized spacial score (nSPS) is 20.2. The van der Waals surface area contributed by atoms with Crippen molar-refractivity contribution in [3.05, 3.63) is 83.8 Å². The molecule has 3 aromatic rings. The highest BCUT2D eigenvalue weighted by Gasteiger charge is 2.43. The van der Waals surface area contributed by atoms with Crippen LogP contribution in [0.4, 0.5) is 11.4 Å². The first kappa shape index (κ1) is 21.3. The molecule has 0 saturated carbocycles. The molecule has 1 aliphatic heterocycles. The number of allylic oxidation sites excluding steroid dienone is 1. The maximum atomic E-state index is 13.7. The van der Waals surface area contributed by atoms with Gasteiger partial charge in [0.2, 0.25) is 5.91 Å². The van der Waals surface area contributed by atoms with Crippen LogP contribution in [0.2, 0.25) is 0 Å². The Labute approximate surface area is 193 Å². The molecule has 1 amide bonds. The molecule has 2 atom stereocenters. The molecule has 1 aromatic carbocycles. The Kier molecular flexibility index (Phi) is 5.90. The highest BCUT2D eigenvalue weighted by Crippen LogP contribution is 2.47. The van der Waals surface area contributed by atoms with Crippen molar-refractivity contribution in [1.29, 1.82) is 0 Å². The van der Waals surface area contributed by atoms with E-state index in [-0.39, 0.29) is 17.6 Å². The summed E-state index contributed by atoms with van der Waals surface area (Å²) in [5.74, 6) is 1.35. The molecule has 5 rings (SSSR count). The smallest absolute Gasteiger partial charge is 0.228 e. The number of furan rings is 2. The Bertz CT molecular complexity index is 1160. The SMILES string of the molecule is CCCCCC(=O)N1c2ccccc2NC2=C(C(=O)C[C@@H](c3ccco3)C2)[C@@H]1c1ccco1. The minimum absolute atomic E-state index is 0.00529. The lowest BCUT2D eigenvalue weighted by Gasteiger charge is -2.33. The Morgan fingerprint density at radius 3 is 2.48 bits per heavy atom. The van der Waals surface area contributed by atoms with Crippen molar-refractivity contribution in [1.82, 2.24) is 0 Å². The van der Waals surface area contributed by atoms with Gasteiger partial charge in [0.25, 0.3) is 0 Å². The summed E-state index contributed by atoms with van der Waals surface area (Å²) >= 11 is 0. The van der Waals surface area contributed by atoms with Gasteiger partial charge in [0.1, 0.15) is 17.6 Å². The zero-order valence-corrected chi connectivity index (χ0v) is 18.8. The van der Waals surface area contributed by atoms with Crippen molar-refractivity contribution >= 4 is 23.1 Å². The van der Waals surface area contributed by atoms with Gasteiger partial charge in [-0.1, -0.05) is 31.9 Å². The fourth-order valence-electron chi connectivity index (χ4n) is 4.95. The number of Topliss-reactive ketones (excluding diaryl/α,β-unsaturated/α-hetero) is 1. The first-order chi connectivity index (χ1) is 16.2. The van der Waals surface area contributed by atoms with E-state index < -0.39 is 6.04 Å². The number of hydrogen-bond donors (Lipinski definition) is 1. The maximum Gasteiger partial charge on any atom is 0.228 e. The largest absolute Gasteiger partial charge is 0.469 e. The summed E-state index contributed by atoms with van der Waals surface area (Å²) in [5, 5.41) is 3.51. The Morgan fingerprint density at radius 2 is 1.76 bits per heavy atom. The summed E-state index contributed by atoms with van der Waals surface area (Å²) in [6.45, 7) is 2.12. The Hall–Kier alpha value is -3.54. The fourth-order valence-corrected chi connectivity index (χ4v) is 4.95. The first-order valence-corrected chi connectivity index (χ1v) is 11.7. The molecule has 170 valence electrons. The minimum Gasteiger partial charge on any atom is -0.469 e. The monoisotopic (exact) mass is 444 g/mol. The first-order valence-electron chi connectivity index (χ1n) is 11.7. The summed E-state index contributed by atoms with van der Waals surface area (Å²) in [7, 11) is 0. The van der Waals surface area contributed by atoms with Crippen LogP contribution in [-0.4, -0.2) is 11.7 Å². The number of unbranched alkanes of at least 4 members (excludes halogenated alkanes) is 2. The van der Waals surface area contributed by atoms with Crippen LogP contribution in [0.25, 0.3) is 0 Å². The Morgan fingerprint density at radius 1 is 1.00 bits per heavy atom. The van der Waals surface area contributed by atoms with Crippen molar-refractivity contribution in [3.63, 3.8) is 0 Å². The fraction of sp³-hybridized carbons (Fsp3) is 0.333. The molecular weight excluding hydrogens is 416 g/mol. The third-order valence-electron chi connectivity index (χ3n) is 6.51. The van der Waals surface area contributed by atoms with Gasteiger partial charge in [-0.25, -0.2) is 0 Å². The van der Waals surface area contributed by atoms with Crippen LogP contribution in [0.3, 0.4) is 0 Å². The molecule has 0 spiro atoms. The van der Waals surface area contributed by atoms with E-state index in [4.69, 9.17) is 8.83 Å². The molecule has 1 aliphatic carbocycles. The van der Waals surface area contributed by atoms with Crippen LogP contribution in [0.15, 0.2) is 81.2 Å². The van der Waals surface area contributed by atoms with Gasteiger partial charge in [-0.3, -0.25) is 14.5 Å². The zero-order chi connectivity index (χ0) is 22.8. The quantitative estimate of drug-likeness (QED) is 0.448. The molecule has 0 bridgehead atoms. The molecule has 0 saturated heterocycles. The lowest BCUT2D eigenvalue weighted by molar-refractivity contribution is -0.119. The van der Waals surface area contributed by atoms with E-state index in [0.717, 1.165) is 42.1 Å².